The van der Waals surface area contributed by atoms with E-state index in [4.69, 9.17) is 4.74 Å². The summed E-state index contributed by atoms with van der Waals surface area (Å²) in [5.41, 5.74) is 0.418. The molecule has 0 spiro atoms. The SMILES string of the molecule is CCC1CCOCC1C(C)(C)C. The van der Waals surface area contributed by atoms with E-state index in [1.807, 2.05) is 0 Å². The van der Waals surface area contributed by atoms with E-state index in [1.54, 1.807) is 0 Å². The Morgan fingerprint density at radius 2 is 2.00 bits per heavy atom. The predicted molar refractivity (Wildman–Crippen MR) is 52.2 cm³/mol. The molecule has 0 aromatic heterocycles. The zero-order chi connectivity index (χ0) is 9.19. The third-order valence-electron chi connectivity index (χ3n) is 3.14. The quantitative estimate of drug-likeness (QED) is 0.587. The molecular weight excluding hydrogens is 148 g/mol. The van der Waals surface area contributed by atoms with E-state index in [9.17, 15) is 0 Å². The molecule has 0 amide bonds. The summed E-state index contributed by atoms with van der Waals surface area (Å²) in [6.07, 6.45) is 2.57. The molecule has 1 saturated heterocycles. The van der Waals surface area contributed by atoms with E-state index in [0.717, 1.165) is 25.0 Å². The van der Waals surface area contributed by atoms with Crippen LogP contribution in [-0.4, -0.2) is 13.2 Å². The van der Waals surface area contributed by atoms with Gasteiger partial charge in [0.2, 0.25) is 0 Å². The lowest BCUT2D eigenvalue weighted by molar-refractivity contribution is -0.0307. The molecule has 0 saturated carbocycles. The molecule has 1 aliphatic rings. The van der Waals surface area contributed by atoms with Crippen molar-refractivity contribution < 1.29 is 4.74 Å². The molecule has 2 atom stereocenters. The Hall–Kier alpha value is -0.0400. The standard InChI is InChI=1S/C11H22O/c1-5-9-6-7-12-8-10(9)11(2,3)4/h9-10H,5-8H2,1-4H3. The Bertz CT molecular complexity index is 134. The lowest BCUT2D eigenvalue weighted by Crippen LogP contribution is -2.36. The van der Waals surface area contributed by atoms with Gasteiger partial charge in [0.15, 0.2) is 0 Å². The molecule has 1 fully saturated rings. The maximum atomic E-state index is 5.54. The summed E-state index contributed by atoms with van der Waals surface area (Å²) >= 11 is 0. The monoisotopic (exact) mass is 170 g/mol. The van der Waals surface area contributed by atoms with E-state index in [2.05, 4.69) is 27.7 Å². The first kappa shape index (κ1) is 10.0. The fourth-order valence-electron chi connectivity index (χ4n) is 2.23. The maximum Gasteiger partial charge on any atom is 0.0501 e. The van der Waals surface area contributed by atoms with Gasteiger partial charge in [-0.3, -0.25) is 0 Å². The van der Waals surface area contributed by atoms with Crippen LogP contribution in [0, 0.1) is 17.3 Å². The molecule has 0 aromatic rings. The van der Waals surface area contributed by atoms with Crippen molar-refractivity contribution in [3.8, 4) is 0 Å². The second-order valence-electron chi connectivity index (χ2n) is 5.00. The fourth-order valence-corrected chi connectivity index (χ4v) is 2.23. The average Bonchev–Trinajstić information content (AvgIpc) is 2.03. The van der Waals surface area contributed by atoms with Gasteiger partial charge >= 0.3 is 0 Å². The fraction of sp³-hybridized carbons (Fsp3) is 1.00. The zero-order valence-corrected chi connectivity index (χ0v) is 8.89. The summed E-state index contributed by atoms with van der Waals surface area (Å²) in [4.78, 5) is 0. The van der Waals surface area contributed by atoms with Crippen molar-refractivity contribution in [2.45, 2.75) is 40.5 Å². The minimum Gasteiger partial charge on any atom is -0.381 e. The maximum absolute atomic E-state index is 5.54. The van der Waals surface area contributed by atoms with Crippen molar-refractivity contribution in [3.05, 3.63) is 0 Å². The first-order valence-electron chi connectivity index (χ1n) is 5.13. The molecule has 0 aromatic carbocycles. The van der Waals surface area contributed by atoms with E-state index in [1.165, 1.54) is 12.8 Å². The minimum atomic E-state index is 0.418. The van der Waals surface area contributed by atoms with Crippen LogP contribution in [0.2, 0.25) is 0 Å². The van der Waals surface area contributed by atoms with Crippen LogP contribution in [0.1, 0.15) is 40.5 Å². The van der Waals surface area contributed by atoms with Gasteiger partial charge in [0, 0.05) is 6.61 Å². The highest BCUT2D eigenvalue weighted by atomic mass is 16.5. The van der Waals surface area contributed by atoms with Crippen LogP contribution in [0.4, 0.5) is 0 Å². The van der Waals surface area contributed by atoms with Crippen molar-refractivity contribution in [1.82, 2.24) is 0 Å². The van der Waals surface area contributed by atoms with Gasteiger partial charge in [0.1, 0.15) is 0 Å². The Labute approximate surface area is 76.5 Å². The van der Waals surface area contributed by atoms with Crippen molar-refractivity contribution in [3.63, 3.8) is 0 Å². The normalized spacial score (nSPS) is 32.0. The highest BCUT2D eigenvalue weighted by molar-refractivity contribution is 4.82. The first-order valence-corrected chi connectivity index (χ1v) is 5.13. The summed E-state index contributed by atoms with van der Waals surface area (Å²) in [5.74, 6) is 1.65. The van der Waals surface area contributed by atoms with Crippen LogP contribution in [0.5, 0.6) is 0 Å². The van der Waals surface area contributed by atoms with Crippen molar-refractivity contribution in [1.29, 1.82) is 0 Å². The minimum absolute atomic E-state index is 0.418. The van der Waals surface area contributed by atoms with Crippen LogP contribution in [0.15, 0.2) is 0 Å². The van der Waals surface area contributed by atoms with Gasteiger partial charge in [-0.2, -0.15) is 0 Å². The van der Waals surface area contributed by atoms with Crippen molar-refractivity contribution in [2.24, 2.45) is 17.3 Å². The van der Waals surface area contributed by atoms with Crippen LogP contribution in [-0.2, 0) is 4.74 Å². The highest BCUT2D eigenvalue weighted by Gasteiger charge is 2.33. The topological polar surface area (TPSA) is 9.23 Å². The molecule has 1 aliphatic heterocycles. The van der Waals surface area contributed by atoms with E-state index >= 15 is 0 Å². The molecule has 0 bridgehead atoms. The second-order valence-corrected chi connectivity index (χ2v) is 5.00. The van der Waals surface area contributed by atoms with Gasteiger partial charge in [-0.15, -0.1) is 0 Å². The Balaban J connectivity index is 2.59. The second kappa shape index (κ2) is 3.78. The number of hydrogen-bond acceptors (Lipinski definition) is 1. The predicted octanol–water partition coefficient (Wildman–Crippen LogP) is 3.10. The molecule has 12 heavy (non-hydrogen) atoms. The zero-order valence-electron chi connectivity index (χ0n) is 8.89. The van der Waals surface area contributed by atoms with Gasteiger partial charge in [-0.25, -0.2) is 0 Å². The smallest absolute Gasteiger partial charge is 0.0501 e. The van der Waals surface area contributed by atoms with Gasteiger partial charge < -0.3 is 4.74 Å². The van der Waals surface area contributed by atoms with Gasteiger partial charge in [-0.1, -0.05) is 34.1 Å². The lowest BCUT2D eigenvalue weighted by atomic mass is 9.71. The lowest BCUT2D eigenvalue weighted by Gasteiger charge is -2.39. The molecule has 2 unspecified atom stereocenters. The van der Waals surface area contributed by atoms with Gasteiger partial charge in [-0.05, 0) is 23.7 Å². The van der Waals surface area contributed by atoms with E-state index in [0.29, 0.717) is 5.41 Å². The molecule has 1 heteroatoms. The Morgan fingerprint density at radius 1 is 1.33 bits per heavy atom. The molecule has 72 valence electrons. The third kappa shape index (κ3) is 2.22. The third-order valence-corrected chi connectivity index (χ3v) is 3.14. The summed E-state index contributed by atoms with van der Waals surface area (Å²) in [7, 11) is 0. The highest BCUT2D eigenvalue weighted by Crippen LogP contribution is 2.37. The molecule has 0 aliphatic carbocycles. The number of ether oxygens (including phenoxy) is 1. The van der Waals surface area contributed by atoms with Crippen molar-refractivity contribution >= 4 is 0 Å². The van der Waals surface area contributed by atoms with Gasteiger partial charge in [0.25, 0.3) is 0 Å². The Kier molecular flexibility index (Phi) is 3.16. The largest absolute Gasteiger partial charge is 0.381 e. The summed E-state index contributed by atoms with van der Waals surface area (Å²) in [5, 5.41) is 0. The molecule has 0 N–H and O–H groups in total. The van der Waals surface area contributed by atoms with Gasteiger partial charge in [0.05, 0.1) is 6.61 Å². The Morgan fingerprint density at radius 3 is 2.42 bits per heavy atom. The van der Waals surface area contributed by atoms with E-state index < -0.39 is 0 Å². The number of hydrogen-bond donors (Lipinski definition) is 0. The van der Waals surface area contributed by atoms with Crippen LogP contribution in [0.25, 0.3) is 0 Å². The summed E-state index contributed by atoms with van der Waals surface area (Å²) in [6.45, 7) is 11.2. The van der Waals surface area contributed by atoms with Crippen LogP contribution in [0.3, 0.4) is 0 Å². The average molecular weight is 170 g/mol. The van der Waals surface area contributed by atoms with Crippen LogP contribution >= 0.6 is 0 Å². The van der Waals surface area contributed by atoms with E-state index in [-0.39, 0.29) is 0 Å². The van der Waals surface area contributed by atoms with Crippen molar-refractivity contribution in [2.75, 3.05) is 13.2 Å². The molecule has 1 rings (SSSR count). The first-order chi connectivity index (χ1) is 5.55. The summed E-state index contributed by atoms with van der Waals surface area (Å²) < 4.78 is 5.54. The van der Waals surface area contributed by atoms with Crippen LogP contribution < -0.4 is 0 Å². The summed E-state index contributed by atoms with van der Waals surface area (Å²) in [6, 6.07) is 0. The molecule has 1 nitrogen and oxygen atoms in total. The number of rotatable bonds is 1. The molecule has 1 heterocycles. The molecule has 0 radical (unpaired) electrons. The molecular formula is C11H22O.